The van der Waals surface area contributed by atoms with Gasteiger partial charge in [-0.05, 0) is 26.2 Å². The molecular formula is C15H24O4. The van der Waals surface area contributed by atoms with Gasteiger partial charge in [-0.15, -0.1) is 0 Å². The summed E-state index contributed by atoms with van der Waals surface area (Å²) in [7, 11) is 0. The Hall–Kier alpha value is -1.16. The molecule has 1 aliphatic heterocycles. The second-order valence-corrected chi connectivity index (χ2v) is 5.81. The Labute approximate surface area is 114 Å². The van der Waals surface area contributed by atoms with Gasteiger partial charge in [-0.1, -0.05) is 26.0 Å². The number of hydrogen-bond donors (Lipinski definition) is 1. The normalized spacial score (nSPS) is 35.7. The van der Waals surface area contributed by atoms with E-state index in [2.05, 4.69) is 0 Å². The van der Waals surface area contributed by atoms with Gasteiger partial charge in [-0.2, -0.15) is 0 Å². The van der Waals surface area contributed by atoms with Crippen molar-refractivity contribution in [3.05, 3.63) is 12.2 Å². The van der Waals surface area contributed by atoms with Crippen LogP contribution in [-0.4, -0.2) is 29.6 Å². The lowest BCUT2D eigenvalue weighted by atomic mass is 9.77. The minimum absolute atomic E-state index is 0.00438. The van der Waals surface area contributed by atoms with Crippen molar-refractivity contribution in [1.82, 2.24) is 0 Å². The largest absolute Gasteiger partial charge is 0.465 e. The molecule has 0 aliphatic carbocycles. The predicted molar refractivity (Wildman–Crippen MR) is 72.5 cm³/mol. The highest BCUT2D eigenvalue weighted by molar-refractivity contribution is 5.82. The van der Waals surface area contributed by atoms with E-state index in [9.17, 15) is 14.7 Å². The molecular weight excluding hydrogens is 244 g/mol. The summed E-state index contributed by atoms with van der Waals surface area (Å²) in [4.78, 5) is 23.3. The van der Waals surface area contributed by atoms with Crippen LogP contribution in [0.2, 0.25) is 0 Å². The van der Waals surface area contributed by atoms with Gasteiger partial charge in [0.25, 0.3) is 0 Å². The zero-order valence-electron chi connectivity index (χ0n) is 12.0. The van der Waals surface area contributed by atoms with Crippen LogP contribution in [0.3, 0.4) is 0 Å². The molecule has 1 N–H and O–H groups in total. The van der Waals surface area contributed by atoms with Crippen molar-refractivity contribution in [2.45, 2.75) is 52.6 Å². The van der Waals surface area contributed by atoms with E-state index in [0.717, 1.165) is 0 Å². The number of carbonyl (C=O) groups excluding carboxylic acids is 2. The number of aliphatic hydroxyl groups is 1. The van der Waals surface area contributed by atoms with Gasteiger partial charge in [-0.3, -0.25) is 9.59 Å². The molecule has 19 heavy (non-hydrogen) atoms. The lowest BCUT2D eigenvalue weighted by Crippen LogP contribution is -2.28. The third-order valence-electron chi connectivity index (χ3n) is 3.82. The van der Waals surface area contributed by atoms with Crippen molar-refractivity contribution in [3.8, 4) is 0 Å². The molecule has 0 amide bonds. The summed E-state index contributed by atoms with van der Waals surface area (Å²) in [6.45, 7) is 5.78. The third kappa shape index (κ3) is 5.15. The van der Waals surface area contributed by atoms with Crippen LogP contribution in [0.4, 0.5) is 0 Å². The zero-order valence-corrected chi connectivity index (χ0v) is 12.0. The molecule has 4 nitrogen and oxygen atoms in total. The molecule has 1 heterocycles. The highest BCUT2D eigenvalue weighted by atomic mass is 16.5. The van der Waals surface area contributed by atoms with Crippen LogP contribution in [0.25, 0.3) is 0 Å². The Balaban J connectivity index is 2.82. The minimum Gasteiger partial charge on any atom is -0.465 e. The fraction of sp³-hybridized carbons (Fsp3) is 0.733. The van der Waals surface area contributed by atoms with Crippen LogP contribution >= 0.6 is 0 Å². The molecule has 3 atom stereocenters. The minimum atomic E-state index is -0.732. The standard InChI is InChI=1S/C15H24O4/c1-11-5-4-7-15(3,12(2)16)8-6-13(17)9-14(18)19-10-11/h4-5,11,13,17H,6-10H2,1-3H3/b5-4+. The molecule has 0 radical (unpaired) electrons. The molecule has 3 unspecified atom stereocenters. The van der Waals surface area contributed by atoms with Crippen LogP contribution in [0.5, 0.6) is 0 Å². The lowest BCUT2D eigenvalue weighted by Gasteiger charge is -2.27. The number of Topliss-reactive ketones (excluding diaryl/α,β-unsaturated/α-hetero) is 1. The smallest absolute Gasteiger partial charge is 0.308 e. The van der Waals surface area contributed by atoms with Gasteiger partial charge < -0.3 is 9.84 Å². The van der Waals surface area contributed by atoms with Crippen molar-refractivity contribution in [2.24, 2.45) is 11.3 Å². The molecule has 0 saturated carbocycles. The maximum atomic E-state index is 11.8. The first kappa shape index (κ1) is 15.9. The molecule has 0 saturated heterocycles. The maximum Gasteiger partial charge on any atom is 0.308 e. The summed E-state index contributed by atoms with van der Waals surface area (Å²) in [6, 6.07) is 0. The molecule has 0 aromatic heterocycles. The van der Waals surface area contributed by atoms with Crippen molar-refractivity contribution < 1.29 is 19.4 Å². The Morgan fingerprint density at radius 3 is 2.84 bits per heavy atom. The third-order valence-corrected chi connectivity index (χ3v) is 3.82. The van der Waals surface area contributed by atoms with Gasteiger partial charge in [0.05, 0.1) is 19.1 Å². The number of allylic oxidation sites excluding steroid dienone is 1. The number of ketones is 1. The first-order chi connectivity index (χ1) is 8.83. The molecule has 1 rings (SSSR count). The lowest BCUT2D eigenvalue weighted by molar-refractivity contribution is -0.146. The summed E-state index contributed by atoms with van der Waals surface area (Å²) in [5, 5.41) is 9.81. The number of hydrogen-bond acceptors (Lipinski definition) is 4. The van der Waals surface area contributed by atoms with E-state index < -0.39 is 11.5 Å². The second kappa shape index (κ2) is 6.85. The molecule has 0 spiro atoms. The molecule has 0 aromatic carbocycles. The van der Waals surface area contributed by atoms with E-state index in [-0.39, 0.29) is 24.1 Å². The van der Waals surface area contributed by atoms with Crippen molar-refractivity contribution in [2.75, 3.05) is 6.61 Å². The first-order valence-electron chi connectivity index (χ1n) is 6.85. The highest BCUT2D eigenvalue weighted by Crippen LogP contribution is 2.31. The van der Waals surface area contributed by atoms with Gasteiger partial charge in [-0.25, -0.2) is 0 Å². The van der Waals surface area contributed by atoms with Gasteiger partial charge >= 0.3 is 5.97 Å². The number of cyclic esters (lactones) is 1. The number of rotatable bonds is 1. The summed E-state index contributed by atoms with van der Waals surface area (Å²) < 4.78 is 5.08. The number of ether oxygens (including phenoxy) is 1. The summed E-state index contributed by atoms with van der Waals surface area (Å²) in [5.41, 5.74) is -0.458. The zero-order chi connectivity index (χ0) is 14.5. The van der Waals surface area contributed by atoms with Crippen molar-refractivity contribution in [3.63, 3.8) is 0 Å². The highest BCUT2D eigenvalue weighted by Gasteiger charge is 2.29. The van der Waals surface area contributed by atoms with Gasteiger partial charge in [0.15, 0.2) is 0 Å². The van der Waals surface area contributed by atoms with Crippen LogP contribution in [0.1, 0.15) is 46.5 Å². The van der Waals surface area contributed by atoms with Crippen molar-refractivity contribution >= 4 is 11.8 Å². The number of esters is 1. The maximum absolute atomic E-state index is 11.8. The average Bonchev–Trinajstić information content (AvgIpc) is 2.32. The van der Waals surface area contributed by atoms with E-state index in [1.807, 2.05) is 26.0 Å². The molecule has 108 valence electrons. The van der Waals surface area contributed by atoms with Gasteiger partial charge in [0, 0.05) is 11.3 Å². The number of aliphatic hydroxyl groups excluding tert-OH is 1. The van der Waals surface area contributed by atoms with Crippen LogP contribution < -0.4 is 0 Å². The van der Waals surface area contributed by atoms with E-state index >= 15 is 0 Å². The van der Waals surface area contributed by atoms with E-state index in [4.69, 9.17) is 4.74 Å². The average molecular weight is 268 g/mol. The van der Waals surface area contributed by atoms with Gasteiger partial charge in [0.1, 0.15) is 5.78 Å². The van der Waals surface area contributed by atoms with E-state index in [1.54, 1.807) is 6.92 Å². The van der Waals surface area contributed by atoms with Crippen LogP contribution in [-0.2, 0) is 14.3 Å². The fourth-order valence-corrected chi connectivity index (χ4v) is 2.10. The van der Waals surface area contributed by atoms with E-state index in [0.29, 0.717) is 25.9 Å². The molecule has 4 heteroatoms. The fourth-order valence-electron chi connectivity index (χ4n) is 2.10. The monoisotopic (exact) mass is 268 g/mol. The first-order valence-corrected chi connectivity index (χ1v) is 6.85. The van der Waals surface area contributed by atoms with E-state index in [1.165, 1.54) is 0 Å². The van der Waals surface area contributed by atoms with Crippen LogP contribution in [0, 0.1) is 11.3 Å². The SMILES string of the molecule is CC(=O)C1(C)C/C=C/C(C)COC(=O)CC(O)CC1. The Morgan fingerprint density at radius 1 is 1.53 bits per heavy atom. The van der Waals surface area contributed by atoms with Crippen molar-refractivity contribution in [1.29, 1.82) is 0 Å². The summed E-state index contributed by atoms with van der Waals surface area (Å²) in [5.74, 6) is -0.133. The Kier molecular flexibility index (Phi) is 5.73. The topological polar surface area (TPSA) is 63.6 Å². The quantitative estimate of drug-likeness (QED) is 0.585. The van der Waals surface area contributed by atoms with Gasteiger partial charge in [0.2, 0.25) is 0 Å². The molecule has 0 bridgehead atoms. The second-order valence-electron chi connectivity index (χ2n) is 5.81. The van der Waals surface area contributed by atoms with Crippen LogP contribution in [0.15, 0.2) is 12.2 Å². The molecule has 0 fully saturated rings. The Morgan fingerprint density at radius 2 is 2.21 bits per heavy atom. The Bertz CT molecular complexity index is 361. The molecule has 1 aliphatic rings. The number of carbonyl (C=O) groups is 2. The predicted octanol–water partition coefficient (Wildman–Crippen LogP) is 2.25. The molecule has 0 aromatic rings. The summed E-state index contributed by atoms with van der Waals surface area (Å²) in [6.07, 6.45) is 4.91. The summed E-state index contributed by atoms with van der Waals surface area (Å²) >= 11 is 0.